The highest BCUT2D eigenvalue weighted by atomic mass is 31.2. The summed E-state index contributed by atoms with van der Waals surface area (Å²) in [5.41, 5.74) is 5.37. The molecule has 356 valence electrons. The van der Waals surface area contributed by atoms with Gasteiger partial charge in [-0.2, -0.15) is 0 Å². The minimum absolute atomic E-state index is 0.0563. The maximum Gasteiger partial charge on any atom is 0.472 e. The molecule has 0 aromatic heterocycles. The van der Waals surface area contributed by atoms with Crippen molar-refractivity contribution in [3.8, 4) is 0 Å². The highest BCUT2D eigenvalue weighted by Gasteiger charge is 2.26. The highest BCUT2D eigenvalue weighted by Crippen LogP contribution is 2.43. The maximum atomic E-state index is 12.6. The number of carbonyl (C=O) groups excluding carboxylic acids is 2. The lowest BCUT2D eigenvalue weighted by atomic mass is 10.0. The highest BCUT2D eigenvalue weighted by molar-refractivity contribution is 7.47. The van der Waals surface area contributed by atoms with Crippen LogP contribution in [0, 0.1) is 0 Å². The van der Waals surface area contributed by atoms with Crippen molar-refractivity contribution in [1.82, 2.24) is 0 Å². The normalized spacial score (nSPS) is 13.2. The quantitative estimate of drug-likeness (QED) is 0.0265. The molecule has 0 aromatic rings. The van der Waals surface area contributed by atoms with Gasteiger partial charge < -0.3 is 20.1 Å². The summed E-state index contributed by atoms with van der Waals surface area (Å²) in [6.45, 7) is 3.78. The molecule has 0 radical (unpaired) electrons. The molecule has 0 amide bonds. The second-order valence-electron chi connectivity index (χ2n) is 17.4. The van der Waals surface area contributed by atoms with E-state index in [1.54, 1.807) is 0 Å². The van der Waals surface area contributed by atoms with Crippen molar-refractivity contribution in [2.24, 2.45) is 5.73 Å². The summed E-state index contributed by atoms with van der Waals surface area (Å²) in [5.74, 6) is -0.814. The lowest BCUT2D eigenvalue weighted by Gasteiger charge is -2.19. The molecule has 9 nitrogen and oxygen atoms in total. The number of ether oxygens (including phenoxy) is 2. The monoisotopic (exact) mass is 872 g/mol. The first-order chi connectivity index (χ1) is 29.3. The Morgan fingerprint density at radius 3 is 1.18 bits per heavy atom. The van der Waals surface area contributed by atoms with Crippen LogP contribution in [0.1, 0.15) is 264 Å². The number of carbonyl (C=O) groups is 2. The third kappa shape index (κ3) is 46.3. The van der Waals surface area contributed by atoms with Crippen LogP contribution in [0.15, 0.2) is 12.2 Å². The third-order valence-corrected chi connectivity index (χ3v) is 12.4. The summed E-state index contributed by atoms with van der Waals surface area (Å²) < 4.78 is 32.9. The summed E-state index contributed by atoms with van der Waals surface area (Å²) in [5, 5.41) is 0. The fourth-order valence-corrected chi connectivity index (χ4v) is 8.34. The van der Waals surface area contributed by atoms with E-state index in [-0.39, 0.29) is 38.6 Å². The zero-order valence-electron chi connectivity index (χ0n) is 39.5. The fraction of sp³-hybridized carbons (Fsp3) is 0.920. The first-order valence-electron chi connectivity index (χ1n) is 25.7. The van der Waals surface area contributed by atoms with Crippen LogP contribution in [-0.4, -0.2) is 49.3 Å². The fourth-order valence-electron chi connectivity index (χ4n) is 7.57. The zero-order chi connectivity index (χ0) is 43.9. The molecule has 0 aliphatic carbocycles. The van der Waals surface area contributed by atoms with E-state index in [4.69, 9.17) is 24.3 Å². The van der Waals surface area contributed by atoms with Crippen molar-refractivity contribution in [3.63, 3.8) is 0 Å². The molecule has 10 heteroatoms. The summed E-state index contributed by atoms with van der Waals surface area (Å²) in [6, 6.07) is 0. The Bertz CT molecular complexity index is 995. The number of allylic oxidation sites excluding steroid dienone is 2. The molecule has 0 saturated heterocycles. The molecule has 0 aromatic carbocycles. The van der Waals surface area contributed by atoms with Gasteiger partial charge in [0.15, 0.2) is 6.10 Å². The largest absolute Gasteiger partial charge is 0.472 e. The van der Waals surface area contributed by atoms with Gasteiger partial charge in [0.1, 0.15) is 6.61 Å². The number of esters is 2. The van der Waals surface area contributed by atoms with Gasteiger partial charge in [0, 0.05) is 19.4 Å². The van der Waals surface area contributed by atoms with Gasteiger partial charge in [0.2, 0.25) is 0 Å². The minimum Gasteiger partial charge on any atom is -0.462 e. The van der Waals surface area contributed by atoms with E-state index in [9.17, 15) is 19.0 Å². The molecule has 0 bridgehead atoms. The van der Waals surface area contributed by atoms with Crippen molar-refractivity contribution in [3.05, 3.63) is 12.2 Å². The number of nitrogens with two attached hydrogens (primary N) is 1. The Hall–Kier alpha value is -1.25. The van der Waals surface area contributed by atoms with Crippen molar-refractivity contribution < 1.29 is 37.6 Å². The SMILES string of the molecule is CCCCCCCC/C=C/CCCCCCCCCCCC(=O)O[C@H](COC(=O)CCCCCCCCCCCCCCCCCCCCCC)COP(=O)(O)OCCN. The van der Waals surface area contributed by atoms with Gasteiger partial charge in [-0.15, -0.1) is 0 Å². The van der Waals surface area contributed by atoms with Gasteiger partial charge in [-0.05, 0) is 38.5 Å². The van der Waals surface area contributed by atoms with Crippen molar-refractivity contribution >= 4 is 19.8 Å². The van der Waals surface area contributed by atoms with Crippen LogP contribution in [0.25, 0.3) is 0 Å². The van der Waals surface area contributed by atoms with E-state index in [1.165, 1.54) is 193 Å². The number of hydrogen-bond acceptors (Lipinski definition) is 8. The molecule has 0 rings (SSSR count). The summed E-state index contributed by atoms with van der Waals surface area (Å²) in [4.78, 5) is 35.0. The average molecular weight is 872 g/mol. The van der Waals surface area contributed by atoms with Crippen LogP contribution < -0.4 is 5.73 Å². The molecule has 0 aliphatic heterocycles. The number of hydrogen-bond donors (Lipinski definition) is 2. The Morgan fingerprint density at radius 1 is 0.483 bits per heavy atom. The minimum atomic E-state index is -4.38. The standard InChI is InChI=1S/C50H98NO8P/c1-3-5-7-9-11-13-15-17-19-21-23-25-26-28-30-32-34-36-38-40-42-49(52)56-46-48(47-58-60(54,55)57-45-44-51)59-50(53)43-41-39-37-35-33-31-29-27-24-22-20-18-16-14-12-10-8-6-4-2/h18,20,48H,3-17,19,21-47,51H2,1-2H3,(H,54,55)/b20-18+/t48-/m1/s1. The molecule has 3 N–H and O–H groups in total. The topological polar surface area (TPSA) is 134 Å². The Balaban J connectivity index is 4.01. The predicted molar refractivity (Wildman–Crippen MR) is 252 cm³/mol. The molecular weight excluding hydrogens is 774 g/mol. The molecule has 0 aliphatic rings. The predicted octanol–water partition coefficient (Wildman–Crippen LogP) is 15.3. The Labute approximate surface area is 370 Å². The van der Waals surface area contributed by atoms with Crippen molar-refractivity contribution in [2.75, 3.05) is 26.4 Å². The molecule has 0 spiro atoms. The van der Waals surface area contributed by atoms with E-state index in [0.717, 1.165) is 38.5 Å². The second kappa shape index (κ2) is 47.2. The Morgan fingerprint density at radius 2 is 0.817 bits per heavy atom. The van der Waals surface area contributed by atoms with Gasteiger partial charge in [0.05, 0.1) is 13.2 Å². The average Bonchev–Trinajstić information content (AvgIpc) is 3.24. The first kappa shape index (κ1) is 58.8. The third-order valence-electron chi connectivity index (χ3n) is 11.4. The summed E-state index contributed by atoms with van der Waals surface area (Å²) in [7, 11) is -4.38. The molecule has 0 fully saturated rings. The number of phosphoric acid groups is 1. The van der Waals surface area contributed by atoms with E-state index in [2.05, 4.69) is 26.0 Å². The van der Waals surface area contributed by atoms with Crippen LogP contribution in [0.2, 0.25) is 0 Å². The second-order valence-corrected chi connectivity index (χ2v) is 18.9. The van der Waals surface area contributed by atoms with Crippen LogP contribution in [0.5, 0.6) is 0 Å². The van der Waals surface area contributed by atoms with E-state index < -0.39 is 26.5 Å². The lowest BCUT2D eigenvalue weighted by Crippen LogP contribution is -2.29. The van der Waals surface area contributed by atoms with Gasteiger partial charge >= 0.3 is 19.8 Å². The van der Waals surface area contributed by atoms with Gasteiger partial charge in [-0.1, -0.05) is 225 Å². The van der Waals surface area contributed by atoms with Crippen LogP contribution in [0.4, 0.5) is 0 Å². The number of unbranched alkanes of at least 4 members (excludes halogenated alkanes) is 34. The molecule has 0 saturated carbocycles. The van der Waals surface area contributed by atoms with Gasteiger partial charge in [-0.25, -0.2) is 4.57 Å². The van der Waals surface area contributed by atoms with Crippen molar-refractivity contribution in [1.29, 1.82) is 0 Å². The lowest BCUT2D eigenvalue weighted by molar-refractivity contribution is -0.161. The zero-order valence-corrected chi connectivity index (χ0v) is 40.4. The molecule has 0 heterocycles. The van der Waals surface area contributed by atoms with Crippen LogP contribution in [-0.2, 0) is 32.7 Å². The van der Waals surface area contributed by atoms with Crippen molar-refractivity contribution in [2.45, 2.75) is 270 Å². The number of phosphoric ester groups is 1. The van der Waals surface area contributed by atoms with E-state index >= 15 is 0 Å². The van der Waals surface area contributed by atoms with E-state index in [0.29, 0.717) is 6.42 Å². The molecule has 60 heavy (non-hydrogen) atoms. The molecular formula is C50H98NO8P. The van der Waals surface area contributed by atoms with E-state index in [1.807, 2.05) is 0 Å². The number of rotatable bonds is 49. The van der Waals surface area contributed by atoms with Gasteiger partial charge in [0.25, 0.3) is 0 Å². The first-order valence-corrected chi connectivity index (χ1v) is 27.2. The molecule has 1 unspecified atom stereocenters. The maximum absolute atomic E-state index is 12.6. The summed E-state index contributed by atoms with van der Waals surface area (Å²) in [6.07, 6.45) is 51.0. The summed E-state index contributed by atoms with van der Waals surface area (Å²) >= 11 is 0. The van der Waals surface area contributed by atoms with Crippen LogP contribution in [0.3, 0.4) is 0 Å². The smallest absolute Gasteiger partial charge is 0.462 e. The van der Waals surface area contributed by atoms with Crippen LogP contribution >= 0.6 is 7.82 Å². The molecule has 2 atom stereocenters. The van der Waals surface area contributed by atoms with Gasteiger partial charge in [-0.3, -0.25) is 18.6 Å². The Kier molecular flexibility index (Phi) is 46.3.